The smallest absolute Gasteiger partial charge is 0.0681 e. The van der Waals surface area contributed by atoms with E-state index in [-0.39, 0.29) is 12.1 Å². The normalized spacial score (nSPS) is 8.14. The summed E-state index contributed by atoms with van der Waals surface area (Å²) in [6, 6.07) is 0. The number of nitrogens with two attached hydrogens (primary N) is 1. The van der Waals surface area contributed by atoms with Gasteiger partial charge >= 0.3 is 0 Å². The molecule has 0 bridgehead atoms. The molecule has 0 aliphatic carbocycles. The largest absolute Gasteiger partial charge is 0.545 e. The molecule has 7 heavy (non-hydrogen) atoms. The molecular weight excluding hydrogens is 94.0 g/mol. The monoisotopic (exact) mass is 100 g/mol. The number of carboxylic acid groups (broad SMARTS) is 1. The molecule has 0 saturated heterocycles. The number of carbonyl (C=O) groups excluding carboxylic acids is 1. The molecule has 40 valence electrons. The minimum absolute atomic E-state index is 0.0394. The number of hydrogen-bond acceptors (Lipinski definition) is 3. The maximum Gasteiger partial charge on any atom is 0.0681 e. The van der Waals surface area contributed by atoms with E-state index in [1.165, 1.54) is 0 Å². The fourth-order valence-corrected chi connectivity index (χ4v) is 0.0833. The molecule has 0 rings (SSSR count). The standard InChI is InChI=1S/C4H7NO2/c1-3(2-5)4(6)7/h1-2,5H2,(H,6,7)/p-1. The maximum atomic E-state index is 9.64. The third kappa shape index (κ3) is 1.94. The average molecular weight is 100 g/mol. The Labute approximate surface area is 41.4 Å². The van der Waals surface area contributed by atoms with Gasteiger partial charge in [-0.2, -0.15) is 0 Å². The van der Waals surface area contributed by atoms with Crippen molar-refractivity contribution in [2.45, 2.75) is 0 Å². The lowest BCUT2D eigenvalue weighted by atomic mass is 10.3. The van der Waals surface area contributed by atoms with Crippen LogP contribution in [-0.2, 0) is 4.79 Å². The van der Waals surface area contributed by atoms with E-state index >= 15 is 0 Å². The molecule has 0 saturated carbocycles. The number of carboxylic acids is 1. The third-order valence-corrected chi connectivity index (χ3v) is 0.535. The first-order chi connectivity index (χ1) is 3.18. The predicted octanol–water partition coefficient (Wildman–Crippen LogP) is -1.75. The van der Waals surface area contributed by atoms with Gasteiger partial charge in [0.2, 0.25) is 0 Å². The molecule has 0 unspecified atom stereocenters. The van der Waals surface area contributed by atoms with Gasteiger partial charge in [-0.05, 0) is 5.57 Å². The molecule has 0 amide bonds. The first kappa shape index (κ1) is 6.17. The predicted molar refractivity (Wildman–Crippen MR) is 23.2 cm³/mol. The zero-order chi connectivity index (χ0) is 5.86. The van der Waals surface area contributed by atoms with Crippen LogP contribution in [0.1, 0.15) is 0 Å². The number of carbonyl (C=O) groups is 1. The maximum absolute atomic E-state index is 9.64. The molecule has 0 aromatic carbocycles. The van der Waals surface area contributed by atoms with Crippen molar-refractivity contribution in [2.75, 3.05) is 6.54 Å². The van der Waals surface area contributed by atoms with Gasteiger partial charge in [-0.3, -0.25) is 0 Å². The van der Waals surface area contributed by atoms with E-state index in [2.05, 4.69) is 6.58 Å². The second kappa shape index (κ2) is 2.36. The van der Waals surface area contributed by atoms with Gasteiger partial charge in [0, 0.05) is 6.54 Å². The quantitative estimate of drug-likeness (QED) is 0.418. The molecule has 0 aliphatic rings. The van der Waals surface area contributed by atoms with Crippen molar-refractivity contribution in [3.63, 3.8) is 0 Å². The van der Waals surface area contributed by atoms with E-state index in [1.807, 2.05) is 0 Å². The van der Waals surface area contributed by atoms with Crippen molar-refractivity contribution in [3.8, 4) is 0 Å². The first-order valence-electron chi connectivity index (χ1n) is 1.77. The van der Waals surface area contributed by atoms with Gasteiger partial charge in [-0.1, -0.05) is 6.58 Å². The van der Waals surface area contributed by atoms with Gasteiger partial charge in [-0.15, -0.1) is 0 Å². The number of rotatable bonds is 2. The fourth-order valence-electron chi connectivity index (χ4n) is 0.0833. The lowest BCUT2D eigenvalue weighted by Crippen LogP contribution is -2.27. The fraction of sp³-hybridized carbons (Fsp3) is 0.250. The van der Waals surface area contributed by atoms with Gasteiger partial charge < -0.3 is 15.6 Å². The Morgan fingerprint density at radius 1 is 1.86 bits per heavy atom. The second-order valence-corrected chi connectivity index (χ2v) is 1.10. The molecule has 3 nitrogen and oxygen atoms in total. The van der Waals surface area contributed by atoms with Crippen LogP contribution in [0.5, 0.6) is 0 Å². The molecule has 2 N–H and O–H groups in total. The Bertz CT molecular complexity index is 97.9. The summed E-state index contributed by atoms with van der Waals surface area (Å²) in [5.74, 6) is -1.28. The van der Waals surface area contributed by atoms with E-state index in [1.54, 1.807) is 0 Å². The number of aliphatic carboxylic acids is 1. The Hall–Kier alpha value is -0.830. The van der Waals surface area contributed by atoms with Crippen LogP contribution in [0.25, 0.3) is 0 Å². The zero-order valence-electron chi connectivity index (χ0n) is 3.81. The van der Waals surface area contributed by atoms with Crippen LogP contribution in [-0.4, -0.2) is 12.5 Å². The van der Waals surface area contributed by atoms with Gasteiger partial charge in [-0.25, -0.2) is 0 Å². The van der Waals surface area contributed by atoms with Gasteiger partial charge in [0.25, 0.3) is 0 Å². The minimum Gasteiger partial charge on any atom is -0.545 e. The molecule has 0 spiro atoms. The highest BCUT2D eigenvalue weighted by Crippen LogP contribution is 1.77. The van der Waals surface area contributed by atoms with Gasteiger partial charge in [0.05, 0.1) is 5.97 Å². The molecule has 0 aromatic heterocycles. The molecule has 3 heteroatoms. The highest BCUT2D eigenvalue weighted by atomic mass is 16.4. The van der Waals surface area contributed by atoms with Crippen LogP contribution >= 0.6 is 0 Å². The van der Waals surface area contributed by atoms with E-state index in [4.69, 9.17) is 5.73 Å². The molecule has 0 atom stereocenters. The van der Waals surface area contributed by atoms with Gasteiger partial charge in [0.1, 0.15) is 0 Å². The summed E-state index contributed by atoms with van der Waals surface area (Å²) >= 11 is 0. The SMILES string of the molecule is C=C(CN)C(=O)[O-]. The Morgan fingerprint density at radius 2 is 2.29 bits per heavy atom. The lowest BCUT2D eigenvalue weighted by Gasteiger charge is -1.98. The van der Waals surface area contributed by atoms with Crippen molar-refractivity contribution < 1.29 is 9.90 Å². The molecule has 0 radical (unpaired) electrons. The number of hydrogen-bond donors (Lipinski definition) is 1. The summed E-state index contributed by atoms with van der Waals surface area (Å²) in [5.41, 5.74) is 4.78. The van der Waals surface area contributed by atoms with Crippen molar-refractivity contribution in [3.05, 3.63) is 12.2 Å². The van der Waals surface area contributed by atoms with Crippen molar-refractivity contribution in [1.29, 1.82) is 0 Å². The summed E-state index contributed by atoms with van der Waals surface area (Å²) < 4.78 is 0. The summed E-state index contributed by atoms with van der Waals surface area (Å²) in [7, 11) is 0. The van der Waals surface area contributed by atoms with E-state index in [9.17, 15) is 9.90 Å². The molecular formula is C4H6NO2-. The molecule has 0 aromatic rings. The van der Waals surface area contributed by atoms with Crippen LogP contribution in [0, 0.1) is 0 Å². The van der Waals surface area contributed by atoms with E-state index in [0.29, 0.717) is 0 Å². The third-order valence-electron chi connectivity index (χ3n) is 0.535. The Morgan fingerprint density at radius 3 is 2.29 bits per heavy atom. The van der Waals surface area contributed by atoms with E-state index in [0.717, 1.165) is 0 Å². The van der Waals surface area contributed by atoms with Crippen molar-refractivity contribution >= 4 is 5.97 Å². The minimum atomic E-state index is -1.28. The highest BCUT2D eigenvalue weighted by molar-refractivity contribution is 5.84. The van der Waals surface area contributed by atoms with Crippen molar-refractivity contribution in [1.82, 2.24) is 0 Å². The van der Waals surface area contributed by atoms with E-state index < -0.39 is 5.97 Å². The summed E-state index contributed by atoms with van der Waals surface area (Å²) in [6.07, 6.45) is 0. The van der Waals surface area contributed by atoms with Crippen LogP contribution in [0.4, 0.5) is 0 Å². The summed E-state index contributed by atoms with van der Waals surface area (Å²) in [6.45, 7) is 3.05. The lowest BCUT2D eigenvalue weighted by molar-refractivity contribution is -0.299. The zero-order valence-corrected chi connectivity index (χ0v) is 3.81. The Kier molecular flexibility index (Phi) is 2.08. The Balaban J connectivity index is 3.58. The summed E-state index contributed by atoms with van der Waals surface area (Å²) in [4.78, 5) is 9.64. The average Bonchev–Trinajstić information content (AvgIpc) is 1.65. The molecule has 0 heterocycles. The highest BCUT2D eigenvalue weighted by Gasteiger charge is 1.85. The van der Waals surface area contributed by atoms with Crippen LogP contribution < -0.4 is 10.8 Å². The van der Waals surface area contributed by atoms with Crippen LogP contribution in [0.2, 0.25) is 0 Å². The topological polar surface area (TPSA) is 66.2 Å². The van der Waals surface area contributed by atoms with Crippen molar-refractivity contribution in [2.24, 2.45) is 5.73 Å². The van der Waals surface area contributed by atoms with Crippen LogP contribution in [0.15, 0.2) is 12.2 Å². The molecule has 0 aliphatic heterocycles. The van der Waals surface area contributed by atoms with Crippen LogP contribution in [0.3, 0.4) is 0 Å². The second-order valence-electron chi connectivity index (χ2n) is 1.10. The summed E-state index contributed by atoms with van der Waals surface area (Å²) in [5, 5.41) is 9.64. The first-order valence-corrected chi connectivity index (χ1v) is 1.77. The molecule has 0 fully saturated rings. The van der Waals surface area contributed by atoms with Gasteiger partial charge in [0.15, 0.2) is 0 Å².